The number of hydrogen-bond donors (Lipinski definition) is 2. The first-order valence-corrected chi connectivity index (χ1v) is 12.9. The van der Waals surface area contributed by atoms with Crippen LogP contribution in [0, 0.1) is 5.82 Å². The minimum atomic E-state index is -0.464. The number of nitrogens with one attached hydrogen (secondary N) is 1. The molecule has 0 radical (unpaired) electrons. The predicted octanol–water partition coefficient (Wildman–Crippen LogP) is 5.67. The predicted molar refractivity (Wildman–Crippen MR) is 143 cm³/mol. The molecule has 1 atom stereocenters. The molecule has 8 heteroatoms. The molecule has 0 spiro atoms. The Morgan fingerprint density at radius 1 is 1.23 bits per heavy atom. The van der Waals surface area contributed by atoms with Gasteiger partial charge < -0.3 is 15.1 Å². The normalized spacial score (nSPS) is 12.9. The molecule has 0 aliphatic rings. The van der Waals surface area contributed by atoms with Gasteiger partial charge in [0.1, 0.15) is 11.4 Å². The van der Waals surface area contributed by atoms with Gasteiger partial charge >= 0.3 is 0 Å². The van der Waals surface area contributed by atoms with Crippen LogP contribution in [0.2, 0.25) is 0 Å². The van der Waals surface area contributed by atoms with Crippen molar-refractivity contribution in [2.75, 3.05) is 19.6 Å². The Morgan fingerprint density at radius 3 is 2.74 bits per heavy atom. The maximum Gasteiger partial charge on any atom is 0.258 e. The van der Waals surface area contributed by atoms with E-state index in [0.29, 0.717) is 18.4 Å². The van der Waals surface area contributed by atoms with E-state index in [-0.39, 0.29) is 17.6 Å². The van der Waals surface area contributed by atoms with E-state index in [9.17, 15) is 9.18 Å². The van der Waals surface area contributed by atoms with Crippen molar-refractivity contribution in [3.8, 4) is 0 Å². The number of guanidine groups is 1. The standard InChI is InChI=1S/C27H34BrFN4O2/c1-4-33(5-2)14-7-8-18(3)31-27(30)32-26(34)23-9-6-10-24(29)22(23)12-11-19-16-21(28)17-20-13-15-35-25(19)20/h6,9-10,13,15-18H,4-5,7-8,11-12,14H2,1-3H3,(H3,30,31,32,34). The van der Waals surface area contributed by atoms with Crippen molar-refractivity contribution in [3.05, 3.63) is 69.6 Å². The van der Waals surface area contributed by atoms with Crippen LogP contribution >= 0.6 is 15.9 Å². The maximum atomic E-state index is 14.8. The van der Waals surface area contributed by atoms with Crippen molar-refractivity contribution in [3.63, 3.8) is 0 Å². The zero-order valence-electron chi connectivity index (χ0n) is 20.6. The summed E-state index contributed by atoms with van der Waals surface area (Å²) in [7, 11) is 0. The summed E-state index contributed by atoms with van der Waals surface area (Å²) in [6.07, 6.45) is 4.35. The van der Waals surface area contributed by atoms with Gasteiger partial charge in [0.15, 0.2) is 5.96 Å². The van der Waals surface area contributed by atoms with Gasteiger partial charge in [0, 0.05) is 21.0 Å². The number of hydrogen-bond acceptors (Lipinski definition) is 4. The number of fused-ring (bicyclic) bond motifs is 1. The summed E-state index contributed by atoms with van der Waals surface area (Å²) in [5.74, 6) is -0.845. The Labute approximate surface area is 214 Å². The number of benzene rings is 2. The van der Waals surface area contributed by atoms with Crippen molar-refractivity contribution in [2.24, 2.45) is 10.7 Å². The highest BCUT2D eigenvalue weighted by molar-refractivity contribution is 9.10. The molecule has 0 fully saturated rings. The summed E-state index contributed by atoms with van der Waals surface area (Å²) in [5.41, 5.74) is 8.31. The van der Waals surface area contributed by atoms with E-state index in [1.165, 1.54) is 12.1 Å². The lowest BCUT2D eigenvalue weighted by Gasteiger charge is -2.18. The lowest BCUT2D eigenvalue weighted by Crippen LogP contribution is -2.38. The highest BCUT2D eigenvalue weighted by atomic mass is 79.9. The van der Waals surface area contributed by atoms with Gasteiger partial charge in [-0.1, -0.05) is 35.8 Å². The average molecular weight is 545 g/mol. The van der Waals surface area contributed by atoms with E-state index in [0.717, 1.165) is 53.5 Å². The van der Waals surface area contributed by atoms with Crippen molar-refractivity contribution < 1.29 is 13.6 Å². The molecule has 0 bridgehead atoms. The molecule has 0 aliphatic heterocycles. The molecule has 0 aliphatic carbocycles. The summed E-state index contributed by atoms with van der Waals surface area (Å²) in [4.78, 5) is 19.7. The summed E-state index contributed by atoms with van der Waals surface area (Å²) in [6, 6.07) is 10.3. The van der Waals surface area contributed by atoms with E-state index < -0.39 is 11.7 Å². The van der Waals surface area contributed by atoms with E-state index in [4.69, 9.17) is 10.2 Å². The summed E-state index contributed by atoms with van der Waals surface area (Å²) >= 11 is 3.51. The largest absolute Gasteiger partial charge is 0.464 e. The highest BCUT2D eigenvalue weighted by Crippen LogP contribution is 2.27. The van der Waals surface area contributed by atoms with Crippen LogP contribution in [0.1, 0.15) is 55.1 Å². The number of carbonyl (C=O) groups is 1. The summed E-state index contributed by atoms with van der Waals surface area (Å²) in [5, 5.41) is 3.60. The van der Waals surface area contributed by atoms with Gasteiger partial charge in [-0.2, -0.15) is 0 Å². The molecule has 2 aromatic carbocycles. The number of carbonyl (C=O) groups excluding carboxylic acids is 1. The van der Waals surface area contributed by atoms with E-state index in [1.54, 1.807) is 12.3 Å². The van der Waals surface area contributed by atoms with Gasteiger partial charge in [0.2, 0.25) is 0 Å². The van der Waals surface area contributed by atoms with Gasteiger partial charge in [-0.3, -0.25) is 15.1 Å². The van der Waals surface area contributed by atoms with Crippen LogP contribution < -0.4 is 11.1 Å². The van der Waals surface area contributed by atoms with Crippen LogP contribution in [0.5, 0.6) is 0 Å². The summed E-state index contributed by atoms with van der Waals surface area (Å²) in [6.45, 7) is 9.33. The summed E-state index contributed by atoms with van der Waals surface area (Å²) < 4.78 is 21.3. The second-order valence-electron chi connectivity index (χ2n) is 8.66. The zero-order chi connectivity index (χ0) is 25.4. The van der Waals surface area contributed by atoms with Crippen molar-refractivity contribution >= 4 is 38.8 Å². The molecule has 1 heterocycles. The SMILES string of the molecule is CCN(CC)CCCC(C)N=C(N)NC(=O)c1cccc(F)c1CCc1cc(Br)cc2ccoc12. The van der Waals surface area contributed by atoms with Crippen LogP contribution in [0.4, 0.5) is 4.39 Å². The van der Waals surface area contributed by atoms with Gasteiger partial charge in [0.05, 0.1) is 12.3 Å². The van der Waals surface area contributed by atoms with E-state index >= 15 is 0 Å². The molecule has 3 rings (SSSR count). The second-order valence-corrected chi connectivity index (χ2v) is 9.57. The van der Waals surface area contributed by atoms with Crippen LogP contribution in [-0.2, 0) is 12.8 Å². The number of furan rings is 1. The number of rotatable bonds is 11. The highest BCUT2D eigenvalue weighted by Gasteiger charge is 2.17. The molecule has 1 unspecified atom stereocenters. The van der Waals surface area contributed by atoms with Crippen molar-refractivity contribution in [1.82, 2.24) is 10.2 Å². The third kappa shape index (κ3) is 7.39. The fraction of sp³-hybridized carbons (Fsp3) is 0.407. The smallest absolute Gasteiger partial charge is 0.258 e. The molecule has 6 nitrogen and oxygen atoms in total. The zero-order valence-corrected chi connectivity index (χ0v) is 22.2. The third-order valence-electron chi connectivity index (χ3n) is 6.19. The molecule has 35 heavy (non-hydrogen) atoms. The van der Waals surface area contributed by atoms with Gasteiger partial charge in [0.25, 0.3) is 5.91 Å². The number of halogens is 2. The number of nitrogens with zero attached hydrogens (tertiary/aromatic N) is 2. The monoisotopic (exact) mass is 544 g/mol. The molecule has 188 valence electrons. The first-order valence-electron chi connectivity index (χ1n) is 12.1. The van der Waals surface area contributed by atoms with E-state index in [2.05, 4.69) is 45.0 Å². The lowest BCUT2D eigenvalue weighted by atomic mass is 9.98. The Morgan fingerprint density at radius 2 is 2.00 bits per heavy atom. The second kappa shape index (κ2) is 12.8. The number of nitrogens with two attached hydrogens (primary N) is 1. The molecule has 3 aromatic rings. The van der Waals surface area contributed by atoms with Crippen LogP contribution in [0.15, 0.2) is 56.5 Å². The Kier molecular flexibility index (Phi) is 9.86. The average Bonchev–Trinajstić information content (AvgIpc) is 3.29. The topological polar surface area (TPSA) is 83.9 Å². The Hall–Kier alpha value is -2.71. The number of aliphatic imine (C=N–C) groups is 1. The Bertz CT molecular complexity index is 1170. The molecule has 0 saturated carbocycles. The van der Waals surface area contributed by atoms with Crippen LogP contribution in [0.25, 0.3) is 11.0 Å². The minimum Gasteiger partial charge on any atom is -0.464 e. The van der Waals surface area contributed by atoms with Gasteiger partial charge in [-0.05, 0) is 88.1 Å². The first-order chi connectivity index (χ1) is 16.8. The molecule has 1 aromatic heterocycles. The molecular weight excluding hydrogens is 511 g/mol. The lowest BCUT2D eigenvalue weighted by molar-refractivity contribution is 0.0975. The van der Waals surface area contributed by atoms with Gasteiger partial charge in [-0.25, -0.2) is 4.39 Å². The quantitative estimate of drug-likeness (QED) is 0.240. The number of aryl methyl sites for hydroxylation is 1. The Balaban J connectivity index is 1.66. The minimum absolute atomic E-state index is 0.0231. The van der Waals surface area contributed by atoms with Crippen molar-refractivity contribution in [1.29, 1.82) is 0 Å². The third-order valence-corrected chi connectivity index (χ3v) is 6.65. The fourth-order valence-electron chi connectivity index (χ4n) is 4.25. The fourth-order valence-corrected chi connectivity index (χ4v) is 4.78. The first kappa shape index (κ1) is 26.9. The van der Waals surface area contributed by atoms with E-state index in [1.807, 2.05) is 25.1 Å². The molecule has 0 saturated heterocycles. The van der Waals surface area contributed by atoms with Gasteiger partial charge in [-0.15, -0.1) is 0 Å². The van der Waals surface area contributed by atoms with Crippen molar-refractivity contribution in [2.45, 2.75) is 52.5 Å². The maximum absolute atomic E-state index is 14.8. The molecule has 1 amide bonds. The van der Waals surface area contributed by atoms with Crippen LogP contribution in [-0.4, -0.2) is 42.4 Å². The molecular formula is C27H34BrFN4O2. The van der Waals surface area contributed by atoms with Crippen LogP contribution in [0.3, 0.4) is 0 Å². The number of amides is 1. The molecule has 3 N–H and O–H groups in total.